The van der Waals surface area contributed by atoms with Crippen molar-refractivity contribution < 1.29 is 0 Å². The van der Waals surface area contributed by atoms with Crippen molar-refractivity contribution in [2.24, 2.45) is 0 Å². The number of rotatable bonds is 6. The highest BCUT2D eigenvalue weighted by atomic mass is 35.5. The molecule has 21 heavy (non-hydrogen) atoms. The minimum absolute atomic E-state index is 0.745. The molecule has 116 valence electrons. The van der Waals surface area contributed by atoms with Crippen molar-refractivity contribution in [3.8, 4) is 0 Å². The Kier molecular flexibility index (Phi) is 5.04. The van der Waals surface area contributed by atoms with Crippen LogP contribution in [0.15, 0.2) is 18.2 Å². The van der Waals surface area contributed by atoms with Crippen molar-refractivity contribution in [1.82, 2.24) is 10.2 Å². The van der Waals surface area contributed by atoms with E-state index < -0.39 is 0 Å². The zero-order chi connectivity index (χ0) is 14.7. The van der Waals surface area contributed by atoms with Crippen LogP contribution in [0.3, 0.4) is 0 Å². The maximum absolute atomic E-state index is 6.51. The standard InChI is InChI=1S/C17H26ClN3/c1-2-7-20-8-10-21(11-9-20)17-6-3-14(12-16(17)18)13-19-15-4-5-15/h3,6,12,15,19H,2,4-5,7-11,13H2,1H3. The first-order chi connectivity index (χ1) is 10.3. The van der Waals surface area contributed by atoms with Crippen molar-refractivity contribution in [3.05, 3.63) is 28.8 Å². The zero-order valence-corrected chi connectivity index (χ0v) is 13.7. The highest BCUT2D eigenvalue weighted by molar-refractivity contribution is 6.33. The Labute approximate surface area is 133 Å². The van der Waals surface area contributed by atoms with E-state index in [4.69, 9.17) is 11.6 Å². The molecule has 2 aliphatic rings. The van der Waals surface area contributed by atoms with Crippen LogP contribution in [0.4, 0.5) is 5.69 Å². The maximum atomic E-state index is 6.51. The molecule has 0 unspecified atom stereocenters. The van der Waals surface area contributed by atoms with Crippen LogP contribution in [0.5, 0.6) is 0 Å². The highest BCUT2D eigenvalue weighted by Crippen LogP contribution is 2.28. The van der Waals surface area contributed by atoms with Gasteiger partial charge in [0, 0.05) is 38.8 Å². The summed E-state index contributed by atoms with van der Waals surface area (Å²) in [6, 6.07) is 7.29. The topological polar surface area (TPSA) is 18.5 Å². The fraction of sp³-hybridized carbons (Fsp3) is 0.647. The number of halogens is 1. The second-order valence-electron chi connectivity index (χ2n) is 6.27. The van der Waals surface area contributed by atoms with Crippen LogP contribution >= 0.6 is 11.6 Å². The molecule has 1 aliphatic heterocycles. The Bertz CT molecular complexity index is 465. The van der Waals surface area contributed by atoms with Gasteiger partial charge in [0.25, 0.3) is 0 Å². The Hall–Kier alpha value is -0.770. The van der Waals surface area contributed by atoms with Gasteiger partial charge in [-0.15, -0.1) is 0 Å². The lowest BCUT2D eigenvalue weighted by Gasteiger charge is -2.36. The summed E-state index contributed by atoms with van der Waals surface area (Å²) < 4.78 is 0. The molecular weight excluding hydrogens is 282 g/mol. The monoisotopic (exact) mass is 307 g/mol. The third-order valence-electron chi connectivity index (χ3n) is 4.44. The zero-order valence-electron chi connectivity index (χ0n) is 12.9. The van der Waals surface area contributed by atoms with Gasteiger partial charge in [0.2, 0.25) is 0 Å². The maximum Gasteiger partial charge on any atom is 0.0642 e. The molecule has 0 bridgehead atoms. The largest absolute Gasteiger partial charge is 0.368 e. The van der Waals surface area contributed by atoms with Gasteiger partial charge in [-0.1, -0.05) is 24.6 Å². The van der Waals surface area contributed by atoms with Crippen LogP contribution < -0.4 is 10.2 Å². The van der Waals surface area contributed by atoms with Crippen LogP contribution in [0.2, 0.25) is 5.02 Å². The van der Waals surface area contributed by atoms with Crippen molar-refractivity contribution in [3.63, 3.8) is 0 Å². The molecule has 0 radical (unpaired) electrons. The molecule has 3 rings (SSSR count). The van der Waals surface area contributed by atoms with E-state index in [0.717, 1.165) is 43.8 Å². The summed E-state index contributed by atoms with van der Waals surface area (Å²) in [5.74, 6) is 0. The summed E-state index contributed by atoms with van der Waals surface area (Å²) in [7, 11) is 0. The fourth-order valence-electron chi connectivity index (χ4n) is 3.00. The SMILES string of the molecule is CCCN1CCN(c2ccc(CNC3CC3)cc2Cl)CC1. The molecule has 1 heterocycles. The molecule has 1 saturated heterocycles. The number of piperazine rings is 1. The number of benzene rings is 1. The minimum atomic E-state index is 0.745. The molecule has 1 N–H and O–H groups in total. The van der Waals surface area contributed by atoms with Gasteiger partial charge in [-0.2, -0.15) is 0 Å². The van der Waals surface area contributed by atoms with E-state index >= 15 is 0 Å². The fourth-order valence-corrected chi connectivity index (χ4v) is 3.32. The van der Waals surface area contributed by atoms with Gasteiger partial charge in [-0.3, -0.25) is 4.90 Å². The van der Waals surface area contributed by atoms with Crippen LogP contribution in [0.25, 0.3) is 0 Å². The lowest BCUT2D eigenvalue weighted by atomic mass is 10.1. The average Bonchev–Trinajstić information content (AvgIpc) is 3.31. The van der Waals surface area contributed by atoms with E-state index in [0.29, 0.717) is 0 Å². The summed E-state index contributed by atoms with van der Waals surface area (Å²) >= 11 is 6.51. The quantitative estimate of drug-likeness (QED) is 0.871. The summed E-state index contributed by atoms with van der Waals surface area (Å²) in [5.41, 5.74) is 2.49. The number of nitrogens with zero attached hydrogens (tertiary/aromatic N) is 2. The molecule has 1 aliphatic carbocycles. The molecule has 1 saturated carbocycles. The molecule has 0 aromatic heterocycles. The third kappa shape index (κ3) is 4.12. The lowest BCUT2D eigenvalue weighted by molar-refractivity contribution is 0.258. The Morgan fingerprint density at radius 3 is 2.57 bits per heavy atom. The molecule has 1 aromatic rings. The second kappa shape index (κ2) is 6.99. The summed E-state index contributed by atoms with van der Waals surface area (Å²) in [4.78, 5) is 4.96. The number of nitrogens with one attached hydrogen (secondary N) is 1. The molecule has 4 heteroatoms. The number of anilines is 1. The average molecular weight is 308 g/mol. The van der Waals surface area contributed by atoms with Gasteiger partial charge < -0.3 is 10.2 Å². The molecule has 0 atom stereocenters. The smallest absolute Gasteiger partial charge is 0.0642 e. The van der Waals surface area contributed by atoms with E-state index in [2.05, 4.69) is 40.2 Å². The van der Waals surface area contributed by atoms with E-state index in [9.17, 15) is 0 Å². The predicted octanol–water partition coefficient (Wildman–Crippen LogP) is 3.12. The predicted molar refractivity (Wildman–Crippen MR) is 90.3 cm³/mol. The Balaban J connectivity index is 1.57. The van der Waals surface area contributed by atoms with Gasteiger partial charge in [-0.25, -0.2) is 0 Å². The highest BCUT2D eigenvalue weighted by Gasteiger charge is 2.21. The summed E-state index contributed by atoms with van der Waals surface area (Å²) in [6.45, 7) is 8.86. The molecule has 3 nitrogen and oxygen atoms in total. The van der Waals surface area contributed by atoms with E-state index in [1.54, 1.807) is 0 Å². The van der Waals surface area contributed by atoms with Gasteiger partial charge in [0.15, 0.2) is 0 Å². The first-order valence-electron chi connectivity index (χ1n) is 8.25. The van der Waals surface area contributed by atoms with E-state index in [1.807, 2.05) is 0 Å². The normalized spacial score (nSPS) is 20.0. The van der Waals surface area contributed by atoms with E-state index in [-0.39, 0.29) is 0 Å². The first-order valence-corrected chi connectivity index (χ1v) is 8.63. The molecule has 0 spiro atoms. The van der Waals surface area contributed by atoms with Crippen LogP contribution in [0.1, 0.15) is 31.7 Å². The van der Waals surface area contributed by atoms with Crippen LogP contribution in [-0.4, -0.2) is 43.7 Å². The van der Waals surface area contributed by atoms with Gasteiger partial charge in [-0.05, 0) is 43.5 Å². The van der Waals surface area contributed by atoms with Crippen molar-refractivity contribution in [1.29, 1.82) is 0 Å². The number of hydrogen-bond acceptors (Lipinski definition) is 3. The van der Waals surface area contributed by atoms with Crippen molar-refractivity contribution >= 4 is 17.3 Å². The molecule has 1 aromatic carbocycles. The second-order valence-corrected chi connectivity index (χ2v) is 6.68. The van der Waals surface area contributed by atoms with Crippen LogP contribution in [-0.2, 0) is 6.54 Å². The number of hydrogen-bond donors (Lipinski definition) is 1. The Morgan fingerprint density at radius 2 is 1.95 bits per heavy atom. The summed E-state index contributed by atoms with van der Waals surface area (Å²) in [6.07, 6.45) is 3.89. The van der Waals surface area contributed by atoms with Gasteiger partial charge >= 0.3 is 0 Å². The summed E-state index contributed by atoms with van der Waals surface area (Å²) in [5, 5.41) is 4.44. The molecular formula is C17H26ClN3. The van der Waals surface area contributed by atoms with Crippen molar-refractivity contribution in [2.75, 3.05) is 37.6 Å². The first kappa shape index (κ1) is 15.1. The Morgan fingerprint density at radius 1 is 1.19 bits per heavy atom. The lowest BCUT2D eigenvalue weighted by Crippen LogP contribution is -2.46. The minimum Gasteiger partial charge on any atom is -0.368 e. The van der Waals surface area contributed by atoms with Gasteiger partial charge in [0.05, 0.1) is 10.7 Å². The van der Waals surface area contributed by atoms with Gasteiger partial charge in [0.1, 0.15) is 0 Å². The van der Waals surface area contributed by atoms with E-state index in [1.165, 1.54) is 37.1 Å². The van der Waals surface area contributed by atoms with Crippen molar-refractivity contribution in [2.45, 2.75) is 38.8 Å². The molecule has 2 fully saturated rings. The third-order valence-corrected chi connectivity index (χ3v) is 4.74. The molecule has 0 amide bonds. The van der Waals surface area contributed by atoms with Crippen LogP contribution in [0, 0.1) is 0 Å².